The fraction of sp³-hybridized carbons (Fsp3) is 0.317. The van der Waals surface area contributed by atoms with Gasteiger partial charge in [-0.05, 0) is 79.4 Å². The molecule has 4 aromatic rings. The van der Waals surface area contributed by atoms with Gasteiger partial charge < -0.3 is 25.0 Å². The number of hydrogen-bond acceptors (Lipinski definition) is 10. The average Bonchev–Trinajstić information content (AvgIpc) is 3.98. The van der Waals surface area contributed by atoms with Crippen molar-refractivity contribution in [2.75, 3.05) is 56.5 Å². The van der Waals surface area contributed by atoms with Crippen LogP contribution in [0.25, 0.3) is 17.5 Å². The minimum atomic E-state index is -1.03. The van der Waals surface area contributed by atoms with Gasteiger partial charge in [0.1, 0.15) is 29.3 Å². The zero-order valence-corrected chi connectivity index (χ0v) is 31.3. The van der Waals surface area contributed by atoms with Crippen molar-refractivity contribution in [1.82, 2.24) is 34.6 Å². The lowest BCUT2D eigenvalue weighted by Gasteiger charge is -2.35. The maximum Gasteiger partial charge on any atom is 0.262 e. The van der Waals surface area contributed by atoms with Gasteiger partial charge in [-0.25, -0.2) is 14.4 Å². The summed E-state index contributed by atoms with van der Waals surface area (Å²) in [5, 5.41) is 11.8. The third-order valence-corrected chi connectivity index (χ3v) is 11.1. The molecule has 0 aliphatic carbocycles. The Kier molecular flexibility index (Phi) is 10.1. The largest absolute Gasteiger partial charge is 0.376 e. The van der Waals surface area contributed by atoms with Crippen LogP contribution >= 0.6 is 0 Å². The fourth-order valence-corrected chi connectivity index (χ4v) is 7.93. The topological polar surface area (TPSA) is 179 Å². The Morgan fingerprint density at radius 1 is 0.947 bits per heavy atom. The number of fused-ring (bicyclic) bond motifs is 1. The van der Waals surface area contributed by atoms with Crippen LogP contribution in [0, 0.1) is 11.2 Å². The first-order chi connectivity index (χ1) is 27.5. The molecule has 16 heteroatoms. The van der Waals surface area contributed by atoms with Crippen molar-refractivity contribution in [2.24, 2.45) is 0 Å². The third kappa shape index (κ3) is 7.37. The Morgan fingerprint density at radius 3 is 2.54 bits per heavy atom. The number of pyridine rings is 1. The second-order valence-electron chi connectivity index (χ2n) is 14.5. The second-order valence-corrected chi connectivity index (χ2v) is 14.5. The Bertz CT molecular complexity index is 2320. The van der Waals surface area contributed by atoms with Gasteiger partial charge in [0.05, 0.1) is 41.3 Å². The van der Waals surface area contributed by atoms with Gasteiger partial charge in [-0.2, -0.15) is 0 Å². The normalized spacial score (nSPS) is 19.9. The van der Waals surface area contributed by atoms with E-state index in [1.54, 1.807) is 35.4 Å². The van der Waals surface area contributed by atoms with Crippen LogP contribution in [0.15, 0.2) is 72.9 Å². The summed E-state index contributed by atoms with van der Waals surface area (Å²) < 4.78 is 13.9. The monoisotopic (exact) mass is 772 g/mol. The number of H-pyrrole nitrogens is 1. The molecule has 57 heavy (non-hydrogen) atoms. The molecule has 3 N–H and O–H groups in total. The number of aromatic amines is 1. The van der Waals surface area contributed by atoms with E-state index in [4.69, 9.17) is 10.4 Å². The molecule has 15 nitrogen and oxygen atoms in total. The van der Waals surface area contributed by atoms with Crippen LogP contribution in [0.5, 0.6) is 0 Å². The summed E-state index contributed by atoms with van der Waals surface area (Å²) in [5.74, 6) is -0.834. The van der Waals surface area contributed by atoms with Gasteiger partial charge in [-0.3, -0.25) is 39.2 Å². The van der Waals surface area contributed by atoms with Crippen LogP contribution in [0.3, 0.4) is 0 Å². The Balaban J connectivity index is 0.834. The van der Waals surface area contributed by atoms with Crippen LogP contribution < -0.4 is 10.2 Å². The molecular formula is C41H41FN10O5. The molecule has 2 aromatic heterocycles. The minimum absolute atomic E-state index is 0.0198. The maximum atomic E-state index is 13.9. The summed E-state index contributed by atoms with van der Waals surface area (Å²) in [4.78, 5) is 84.6. The Labute approximate surface area is 327 Å². The number of hydrogen-bond donors (Lipinski definition) is 3. The highest BCUT2D eigenvalue weighted by Gasteiger charge is 2.46. The number of imidazole rings is 1. The number of anilines is 2. The van der Waals surface area contributed by atoms with Gasteiger partial charge in [0, 0.05) is 51.9 Å². The fourth-order valence-electron chi connectivity index (χ4n) is 7.93. The number of piperazine rings is 1. The molecule has 0 bridgehead atoms. The first-order valence-electron chi connectivity index (χ1n) is 19.0. The van der Waals surface area contributed by atoms with E-state index in [2.05, 4.69) is 20.2 Å². The SMILES string of the molecule is CN1C(=O)CCC(N2C(=O)c3ccc(NCC(=O)N4CCN(c5cccc(-c6cnc(/C=C\C(=N)N7CCCC7c7cccc(F)c7)[nH]6)n5)CC4)cc3C2=O)C1=O. The predicted octanol–water partition coefficient (Wildman–Crippen LogP) is 3.94. The summed E-state index contributed by atoms with van der Waals surface area (Å²) in [6, 6.07) is 15.9. The maximum absolute atomic E-state index is 13.9. The van der Waals surface area contributed by atoms with Gasteiger partial charge in [-0.1, -0.05) is 18.2 Å². The number of aromatic nitrogens is 3. The predicted molar refractivity (Wildman–Crippen MR) is 209 cm³/mol. The Morgan fingerprint density at radius 2 is 1.74 bits per heavy atom. The van der Waals surface area contributed by atoms with Crippen molar-refractivity contribution < 1.29 is 28.4 Å². The quantitative estimate of drug-likeness (QED) is 0.128. The van der Waals surface area contributed by atoms with Gasteiger partial charge >= 0.3 is 0 Å². The number of carbonyl (C=O) groups is 5. The lowest BCUT2D eigenvalue weighted by molar-refractivity contribution is -0.149. The van der Waals surface area contributed by atoms with E-state index in [-0.39, 0.29) is 54.2 Å². The molecule has 0 radical (unpaired) electrons. The molecule has 3 saturated heterocycles. The van der Waals surface area contributed by atoms with Gasteiger partial charge in [0.25, 0.3) is 17.7 Å². The number of piperidine rings is 1. The summed E-state index contributed by atoms with van der Waals surface area (Å²) >= 11 is 0. The molecule has 3 fully saturated rings. The molecule has 4 aliphatic rings. The zero-order valence-electron chi connectivity index (χ0n) is 31.3. The van der Waals surface area contributed by atoms with E-state index in [1.807, 2.05) is 29.2 Å². The van der Waals surface area contributed by atoms with Crippen LogP contribution in [-0.2, 0) is 14.4 Å². The van der Waals surface area contributed by atoms with Gasteiger partial charge in [-0.15, -0.1) is 0 Å². The first-order valence-corrected chi connectivity index (χ1v) is 19.0. The van der Waals surface area contributed by atoms with E-state index in [1.165, 1.54) is 31.3 Å². The van der Waals surface area contributed by atoms with E-state index in [0.29, 0.717) is 49.2 Å². The van der Waals surface area contributed by atoms with Crippen LogP contribution in [-0.4, -0.2) is 122 Å². The molecule has 0 spiro atoms. The lowest BCUT2D eigenvalue weighted by atomic mass is 10.0. The van der Waals surface area contributed by atoms with Gasteiger partial charge in [0.2, 0.25) is 11.8 Å². The van der Waals surface area contributed by atoms with Crippen LogP contribution in [0.4, 0.5) is 15.9 Å². The average molecular weight is 773 g/mol. The van der Waals surface area contributed by atoms with Crippen molar-refractivity contribution >= 4 is 53.0 Å². The number of likely N-dealkylation sites (N-methyl/N-ethyl adjacent to an activating group) is 1. The standard InChI is InChI=1S/C41H41FN10O5/c1-48-37(53)15-12-33(41(48)57)52-39(55)28-11-10-27(22-29(28)40(52)56)44-24-38(54)50-19-17-49(18-20-50)36-9-3-7-30(47-36)31-23-45-35(46-31)14-13-34(43)51-16-4-8-32(51)25-5-2-6-26(42)21-25/h2-3,5-7,9-11,13-14,21-23,32-33,43-44H,4,8,12,15-20,24H2,1H3,(H,45,46)/b14-13-,43-34?. The van der Waals surface area contributed by atoms with Crippen molar-refractivity contribution in [1.29, 1.82) is 5.41 Å². The molecule has 2 atom stereocenters. The molecule has 2 unspecified atom stereocenters. The highest BCUT2D eigenvalue weighted by Crippen LogP contribution is 2.33. The number of halogens is 1. The number of amidine groups is 1. The minimum Gasteiger partial charge on any atom is -0.376 e. The van der Waals surface area contributed by atoms with Crippen molar-refractivity contribution in [3.05, 3.63) is 101 Å². The summed E-state index contributed by atoms with van der Waals surface area (Å²) in [6.07, 6.45) is 7.09. The second kappa shape index (κ2) is 15.4. The van der Waals surface area contributed by atoms with E-state index < -0.39 is 23.8 Å². The molecule has 4 aliphatic heterocycles. The third-order valence-electron chi connectivity index (χ3n) is 11.1. The van der Waals surface area contributed by atoms with Crippen molar-refractivity contribution in [3.63, 3.8) is 0 Å². The van der Waals surface area contributed by atoms with Gasteiger partial charge in [0.15, 0.2) is 0 Å². The Hall–Kier alpha value is -6.71. The molecular weight excluding hydrogens is 732 g/mol. The van der Waals surface area contributed by atoms with Crippen molar-refractivity contribution in [3.8, 4) is 11.4 Å². The number of nitrogens with one attached hydrogen (secondary N) is 3. The smallest absolute Gasteiger partial charge is 0.262 e. The molecule has 5 amide bonds. The molecule has 2 aromatic carbocycles. The number of rotatable bonds is 9. The van der Waals surface area contributed by atoms with E-state index in [9.17, 15) is 28.4 Å². The molecule has 8 rings (SSSR count). The summed E-state index contributed by atoms with van der Waals surface area (Å²) in [7, 11) is 1.35. The molecule has 0 saturated carbocycles. The highest BCUT2D eigenvalue weighted by molar-refractivity contribution is 6.23. The number of nitrogens with zero attached hydrogens (tertiary/aromatic N) is 7. The first kappa shape index (κ1) is 37.2. The lowest BCUT2D eigenvalue weighted by Crippen LogP contribution is -2.54. The molecule has 292 valence electrons. The number of likely N-dealkylation sites (tertiary alicyclic amines) is 2. The van der Waals surface area contributed by atoms with E-state index in [0.717, 1.165) is 46.3 Å². The number of imide groups is 2. The number of amides is 5. The van der Waals surface area contributed by atoms with Crippen molar-refractivity contribution in [2.45, 2.75) is 37.8 Å². The van der Waals surface area contributed by atoms with Crippen LogP contribution in [0.1, 0.15) is 63.8 Å². The number of benzene rings is 2. The highest BCUT2D eigenvalue weighted by atomic mass is 19.1. The summed E-state index contributed by atoms with van der Waals surface area (Å²) in [5.41, 5.74) is 3.10. The molecule has 6 heterocycles. The van der Waals surface area contributed by atoms with E-state index >= 15 is 0 Å². The number of carbonyl (C=O) groups excluding carboxylic acids is 5. The summed E-state index contributed by atoms with van der Waals surface area (Å²) in [6.45, 7) is 2.80. The van der Waals surface area contributed by atoms with Crippen LogP contribution in [0.2, 0.25) is 0 Å². The zero-order chi connectivity index (χ0) is 39.8.